The standard InChI is InChI=1S/C27H40O3.C3H6O2/c1-26-15-13-20(28)17-19(26)8-9-21-22-10-11-24(27(22,2)16-14-23(21)26)30-25(29)12-7-18-5-3-4-6-18;1-2-3(4)5/h17-18,21-24H,3-16H2,1-2H3;2H2,1H3,(H,4,5)/t21-,22-,23-,24-,26-,27-;/m0./s1. The number of esters is 1. The molecule has 0 unspecified atom stereocenters. The van der Waals surface area contributed by atoms with E-state index in [0.717, 1.165) is 43.9 Å². The van der Waals surface area contributed by atoms with Gasteiger partial charge in [0.15, 0.2) is 5.78 Å². The minimum atomic E-state index is -0.745. The van der Waals surface area contributed by atoms with Gasteiger partial charge in [-0.25, -0.2) is 0 Å². The number of ketones is 1. The SMILES string of the molecule is CCC(=O)O.C[C@]12CC[C@H]3[C@@H](CCC4=CC(=O)CC[C@@]43C)[C@@H]1CC[C@@H]2OC(=O)CCC1CCCC1. The van der Waals surface area contributed by atoms with Crippen molar-refractivity contribution in [2.75, 3.05) is 0 Å². The summed E-state index contributed by atoms with van der Waals surface area (Å²) < 4.78 is 6.17. The molecule has 4 saturated carbocycles. The Balaban J connectivity index is 0.000000527. The van der Waals surface area contributed by atoms with E-state index in [-0.39, 0.29) is 29.3 Å². The lowest BCUT2D eigenvalue weighted by Gasteiger charge is -2.57. The van der Waals surface area contributed by atoms with Crippen molar-refractivity contribution in [2.24, 2.45) is 34.5 Å². The van der Waals surface area contributed by atoms with Crippen LogP contribution >= 0.6 is 0 Å². The third-order valence-electron chi connectivity index (χ3n) is 10.7. The first-order valence-corrected chi connectivity index (χ1v) is 14.3. The lowest BCUT2D eigenvalue weighted by Crippen LogP contribution is -2.51. The number of allylic oxidation sites excluding steroid dienone is 1. The summed E-state index contributed by atoms with van der Waals surface area (Å²) in [5.74, 6) is 2.54. The van der Waals surface area contributed by atoms with Crippen LogP contribution in [0.2, 0.25) is 0 Å². The number of fused-ring (bicyclic) bond motifs is 5. The van der Waals surface area contributed by atoms with Gasteiger partial charge in [0.05, 0.1) is 0 Å². The van der Waals surface area contributed by atoms with Gasteiger partial charge in [-0.05, 0) is 86.5 Å². The smallest absolute Gasteiger partial charge is 0.306 e. The molecule has 0 spiro atoms. The maximum Gasteiger partial charge on any atom is 0.306 e. The molecule has 5 heteroatoms. The molecule has 0 aromatic heterocycles. The fourth-order valence-corrected chi connectivity index (χ4v) is 8.54. The Morgan fingerprint density at radius 2 is 1.71 bits per heavy atom. The van der Waals surface area contributed by atoms with E-state index in [1.54, 1.807) is 6.92 Å². The van der Waals surface area contributed by atoms with Crippen molar-refractivity contribution < 1.29 is 24.2 Å². The van der Waals surface area contributed by atoms with Gasteiger partial charge < -0.3 is 9.84 Å². The fraction of sp³-hybridized carbons (Fsp3) is 0.833. The van der Waals surface area contributed by atoms with Gasteiger partial charge in [-0.15, -0.1) is 0 Å². The van der Waals surface area contributed by atoms with Crippen molar-refractivity contribution in [3.8, 4) is 0 Å². The molecule has 5 rings (SSSR count). The number of carboxylic acid groups (broad SMARTS) is 1. The number of carbonyl (C=O) groups excluding carboxylic acids is 2. The molecule has 196 valence electrons. The van der Waals surface area contributed by atoms with E-state index in [2.05, 4.69) is 13.8 Å². The first-order valence-electron chi connectivity index (χ1n) is 14.3. The second-order valence-corrected chi connectivity index (χ2v) is 12.5. The largest absolute Gasteiger partial charge is 0.481 e. The van der Waals surface area contributed by atoms with Crippen molar-refractivity contribution in [1.82, 2.24) is 0 Å². The van der Waals surface area contributed by atoms with Gasteiger partial charge in [0.2, 0.25) is 0 Å². The molecule has 0 aromatic carbocycles. The lowest BCUT2D eigenvalue weighted by molar-refractivity contribution is -0.160. The average Bonchev–Trinajstić information content (AvgIpc) is 3.46. The Hall–Kier alpha value is -1.65. The van der Waals surface area contributed by atoms with Crippen LogP contribution in [0.4, 0.5) is 0 Å². The Bertz CT molecular complexity index is 840. The van der Waals surface area contributed by atoms with Gasteiger partial charge in [-0.2, -0.15) is 0 Å². The number of carbonyl (C=O) groups is 3. The second-order valence-electron chi connectivity index (χ2n) is 12.5. The Morgan fingerprint density at radius 3 is 2.40 bits per heavy atom. The van der Waals surface area contributed by atoms with Crippen LogP contribution in [-0.4, -0.2) is 28.9 Å². The van der Waals surface area contributed by atoms with Crippen molar-refractivity contribution >= 4 is 17.7 Å². The average molecular weight is 487 g/mol. The van der Waals surface area contributed by atoms with Crippen molar-refractivity contribution in [2.45, 2.75) is 123 Å². The summed E-state index contributed by atoms with van der Waals surface area (Å²) in [6, 6.07) is 0. The predicted molar refractivity (Wildman–Crippen MR) is 136 cm³/mol. The summed E-state index contributed by atoms with van der Waals surface area (Å²) in [6.45, 7) is 6.47. The van der Waals surface area contributed by atoms with E-state index in [4.69, 9.17) is 9.84 Å². The van der Waals surface area contributed by atoms with Crippen LogP contribution in [0, 0.1) is 34.5 Å². The summed E-state index contributed by atoms with van der Waals surface area (Å²) in [6.07, 6.45) is 18.1. The van der Waals surface area contributed by atoms with Gasteiger partial charge in [0, 0.05) is 24.7 Å². The minimum Gasteiger partial charge on any atom is -0.481 e. The molecule has 4 fully saturated rings. The van der Waals surface area contributed by atoms with Crippen molar-refractivity contribution in [1.29, 1.82) is 0 Å². The maximum absolute atomic E-state index is 12.7. The summed E-state index contributed by atoms with van der Waals surface area (Å²) >= 11 is 0. The topological polar surface area (TPSA) is 80.7 Å². The van der Waals surface area contributed by atoms with E-state index in [0.29, 0.717) is 24.0 Å². The number of rotatable bonds is 5. The normalized spacial score (nSPS) is 38.4. The van der Waals surface area contributed by atoms with Crippen LogP contribution in [0.3, 0.4) is 0 Å². The van der Waals surface area contributed by atoms with Crippen LogP contribution < -0.4 is 0 Å². The zero-order valence-corrected chi connectivity index (χ0v) is 22.2. The molecular formula is C30H46O5. The second kappa shape index (κ2) is 10.8. The number of ether oxygens (including phenoxy) is 1. The predicted octanol–water partition coefficient (Wildman–Crippen LogP) is 6.88. The summed E-state index contributed by atoms with van der Waals surface area (Å²) in [5, 5.41) is 7.72. The highest BCUT2D eigenvalue weighted by Gasteiger charge is 2.59. The monoisotopic (exact) mass is 486 g/mol. The summed E-state index contributed by atoms with van der Waals surface area (Å²) in [5.41, 5.74) is 1.83. The molecule has 0 bridgehead atoms. The molecule has 6 atom stereocenters. The van der Waals surface area contributed by atoms with Crippen LogP contribution in [0.5, 0.6) is 0 Å². The molecule has 0 aromatic rings. The van der Waals surface area contributed by atoms with Gasteiger partial charge in [-0.3, -0.25) is 14.4 Å². The summed E-state index contributed by atoms with van der Waals surface area (Å²) in [7, 11) is 0. The van der Waals surface area contributed by atoms with E-state index in [1.807, 2.05) is 6.08 Å². The zero-order valence-electron chi connectivity index (χ0n) is 22.2. The van der Waals surface area contributed by atoms with Gasteiger partial charge in [-0.1, -0.05) is 52.0 Å². The van der Waals surface area contributed by atoms with E-state index < -0.39 is 5.97 Å². The maximum atomic E-state index is 12.7. The Labute approximate surface area is 211 Å². The molecule has 1 N–H and O–H groups in total. The van der Waals surface area contributed by atoms with Crippen LogP contribution in [-0.2, 0) is 19.1 Å². The zero-order chi connectivity index (χ0) is 25.2. The molecule has 0 aliphatic heterocycles. The highest BCUT2D eigenvalue weighted by molar-refractivity contribution is 5.91. The quantitative estimate of drug-likeness (QED) is 0.428. The fourth-order valence-electron chi connectivity index (χ4n) is 8.54. The van der Waals surface area contributed by atoms with Crippen LogP contribution in [0.25, 0.3) is 0 Å². The minimum absolute atomic E-state index is 0.0579. The Morgan fingerprint density at radius 1 is 1.00 bits per heavy atom. The van der Waals surface area contributed by atoms with Crippen molar-refractivity contribution in [3.63, 3.8) is 0 Å². The first kappa shape index (κ1) is 26.4. The molecule has 35 heavy (non-hydrogen) atoms. The number of carboxylic acids is 1. The van der Waals surface area contributed by atoms with E-state index >= 15 is 0 Å². The molecule has 5 nitrogen and oxygen atoms in total. The lowest BCUT2D eigenvalue weighted by atomic mass is 9.47. The molecule has 0 radical (unpaired) electrons. The highest BCUT2D eigenvalue weighted by atomic mass is 16.5. The molecule has 5 aliphatic carbocycles. The van der Waals surface area contributed by atoms with Gasteiger partial charge in [0.1, 0.15) is 6.10 Å². The van der Waals surface area contributed by atoms with E-state index in [1.165, 1.54) is 56.9 Å². The third-order valence-corrected chi connectivity index (χ3v) is 10.7. The van der Waals surface area contributed by atoms with Crippen molar-refractivity contribution in [3.05, 3.63) is 11.6 Å². The third kappa shape index (κ3) is 5.39. The number of hydrogen-bond acceptors (Lipinski definition) is 4. The van der Waals surface area contributed by atoms with Crippen LogP contribution in [0.1, 0.15) is 117 Å². The summed E-state index contributed by atoms with van der Waals surface area (Å²) in [4.78, 5) is 34.0. The molecule has 0 saturated heterocycles. The van der Waals surface area contributed by atoms with E-state index in [9.17, 15) is 14.4 Å². The molecule has 0 amide bonds. The van der Waals surface area contributed by atoms with Gasteiger partial charge >= 0.3 is 11.9 Å². The highest BCUT2D eigenvalue weighted by Crippen LogP contribution is 2.65. The molecule has 5 aliphatic rings. The van der Waals surface area contributed by atoms with Crippen LogP contribution in [0.15, 0.2) is 11.6 Å². The number of aliphatic carboxylic acids is 1. The Kier molecular flexibility index (Phi) is 8.12. The number of hydrogen-bond donors (Lipinski definition) is 1. The molecular weight excluding hydrogens is 440 g/mol. The van der Waals surface area contributed by atoms with Gasteiger partial charge in [0.25, 0.3) is 0 Å². The first-order chi connectivity index (χ1) is 16.7. The molecule has 0 heterocycles.